The number of aromatic hydroxyl groups is 1. The number of phenolic OH excluding ortho intramolecular Hbond substituents is 1. The van der Waals surface area contributed by atoms with Crippen molar-refractivity contribution in [1.82, 2.24) is 0 Å². The summed E-state index contributed by atoms with van der Waals surface area (Å²) in [7, 11) is 3.82. The molecule has 174 valence electrons. The first-order valence-corrected chi connectivity index (χ1v) is 10.9. The van der Waals surface area contributed by atoms with E-state index in [1.807, 2.05) is 31.1 Å². The Kier molecular flexibility index (Phi) is 6.27. The van der Waals surface area contributed by atoms with E-state index in [9.17, 15) is 19.8 Å². The molecule has 3 aromatic rings. The van der Waals surface area contributed by atoms with Crippen LogP contribution in [0.1, 0.15) is 24.1 Å². The van der Waals surface area contributed by atoms with Crippen LogP contribution in [0.15, 0.2) is 78.4 Å². The van der Waals surface area contributed by atoms with Crippen LogP contribution in [0.4, 0.5) is 11.4 Å². The average molecular weight is 459 g/mol. The van der Waals surface area contributed by atoms with E-state index in [1.54, 1.807) is 61.5 Å². The van der Waals surface area contributed by atoms with Crippen LogP contribution < -0.4 is 14.5 Å². The number of ketones is 1. The third-order valence-electron chi connectivity index (χ3n) is 5.74. The Labute approximate surface area is 198 Å². The molecule has 1 unspecified atom stereocenters. The third-order valence-corrected chi connectivity index (χ3v) is 5.74. The van der Waals surface area contributed by atoms with Crippen molar-refractivity contribution in [2.24, 2.45) is 0 Å². The van der Waals surface area contributed by atoms with Crippen LogP contribution in [-0.4, -0.2) is 42.6 Å². The Bertz CT molecular complexity index is 1250. The predicted molar refractivity (Wildman–Crippen MR) is 131 cm³/mol. The summed E-state index contributed by atoms with van der Waals surface area (Å²) < 4.78 is 5.53. The van der Waals surface area contributed by atoms with E-state index in [1.165, 1.54) is 11.0 Å². The second kappa shape index (κ2) is 9.31. The van der Waals surface area contributed by atoms with Crippen LogP contribution >= 0.6 is 0 Å². The molecule has 1 saturated heterocycles. The summed E-state index contributed by atoms with van der Waals surface area (Å²) in [6.07, 6.45) is 0. The number of ether oxygens (including phenoxy) is 1. The number of aliphatic hydroxyl groups is 1. The van der Waals surface area contributed by atoms with Gasteiger partial charge in [0, 0.05) is 31.0 Å². The minimum atomic E-state index is -0.912. The molecule has 0 bridgehead atoms. The predicted octanol–water partition coefficient (Wildman–Crippen LogP) is 4.48. The first kappa shape index (κ1) is 22.9. The van der Waals surface area contributed by atoms with Crippen molar-refractivity contribution in [2.45, 2.75) is 13.0 Å². The van der Waals surface area contributed by atoms with Crippen molar-refractivity contribution in [2.75, 3.05) is 30.5 Å². The summed E-state index contributed by atoms with van der Waals surface area (Å²) in [5.41, 5.74) is 2.37. The SMILES string of the molecule is CCOc1cc(C2/C(=C(/O)c3ccccc3)C(=O)C(=O)N2c2ccc(N(C)C)cc2)ccc1O. The summed E-state index contributed by atoms with van der Waals surface area (Å²) in [5.74, 6) is -1.61. The van der Waals surface area contributed by atoms with Gasteiger partial charge in [-0.1, -0.05) is 36.4 Å². The zero-order valence-electron chi connectivity index (χ0n) is 19.2. The summed E-state index contributed by atoms with van der Waals surface area (Å²) in [6, 6.07) is 19.6. The first-order valence-electron chi connectivity index (χ1n) is 10.9. The van der Waals surface area contributed by atoms with Gasteiger partial charge in [0.2, 0.25) is 0 Å². The Morgan fingerprint density at radius 2 is 1.68 bits per heavy atom. The zero-order chi connectivity index (χ0) is 24.4. The van der Waals surface area contributed by atoms with Crippen molar-refractivity contribution in [3.8, 4) is 11.5 Å². The van der Waals surface area contributed by atoms with Crippen LogP contribution in [0.25, 0.3) is 5.76 Å². The smallest absolute Gasteiger partial charge is 0.300 e. The van der Waals surface area contributed by atoms with Gasteiger partial charge in [-0.25, -0.2) is 0 Å². The van der Waals surface area contributed by atoms with Gasteiger partial charge in [-0.2, -0.15) is 0 Å². The molecule has 7 nitrogen and oxygen atoms in total. The Morgan fingerprint density at radius 3 is 2.29 bits per heavy atom. The fourth-order valence-corrected chi connectivity index (χ4v) is 4.05. The summed E-state index contributed by atoms with van der Waals surface area (Å²) >= 11 is 0. The summed E-state index contributed by atoms with van der Waals surface area (Å²) in [5, 5.41) is 21.3. The molecule has 1 aliphatic rings. The molecule has 1 fully saturated rings. The average Bonchev–Trinajstić information content (AvgIpc) is 3.11. The number of nitrogens with zero attached hydrogens (tertiary/aromatic N) is 2. The number of amides is 1. The minimum absolute atomic E-state index is 0.0268. The molecule has 0 aromatic heterocycles. The number of rotatable bonds is 6. The number of aliphatic hydroxyl groups excluding tert-OH is 1. The molecule has 1 heterocycles. The third kappa shape index (κ3) is 4.08. The lowest BCUT2D eigenvalue weighted by atomic mass is 9.94. The molecule has 4 rings (SSSR count). The fraction of sp³-hybridized carbons (Fsp3) is 0.185. The van der Waals surface area contributed by atoms with Gasteiger partial charge < -0.3 is 19.8 Å². The van der Waals surface area contributed by atoms with Gasteiger partial charge in [0.15, 0.2) is 11.5 Å². The molecule has 34 heavy (non-hydrogen) atoms. The summed E-state index contributed by atoms with van der Waals surface area (Å²) in [6.45, 7) is 2.12. The van der Waals surface area contributed by atoms with E-state index in [-0.39, 0.29) is 22.8 Å². The quantitative estimate of drug-likeness (QED) is 0.322. The highest BCUT2D eigenvalue weighted by Crippen LogP contribution is 2.44. The van der Waals surface area contributed by atoms with Gasteiger partial charge in [-0.15, -0.1) is 0 Å². The number of hydrogen-bond donors (Lipinski definition) is 2. The molecule has 7 heteroatoms. The van der Waals surface area contributed by atoms with E-state index >= 15 is 0 Å². The second-order valence-corrected chi connectivity index (χ2v) is 8.11. The van der Waals surface area contributed by atoms with Crippen molar-refractivity contribution in [3.63, 3.8) is 0 Å². The lowest BCUT2D eigenvalue weighted by Crippen LogP contribution is -2.29. The molecule has 0 saturated carbocycles. The largest absolute Gasteiger partial charge is 0.507 e. The second-order valence-electron chi connectivity index (χ2n) is 8.11. The topological polar surface area (TPSA) is 90.3 Å². The number of benzene rings is 3. The first-order chi connectivity index (χ1) is 16.3. The van der Waals surface area contributed by atoms with Crippen LogP contribution in [0.3, 0.4) is 0 Å². The van der Waals surface area contributed by atoms with Crippen molar-refractivity contribution in [1.29, 1.82) is 0 Å². The Balaban J connectivity index is 1.93. The van der Waals surface area contributed by atoms with Gasteiger partial charge in [0.05, 0.1) is 18.2 Å². The number of carbonyl (C=O) groups is 2. The maximum atomic E-state index is 13.3. The monoisotopic (exact) mass is 458 g/mol. The molecule has 0 radical (unpaired) electrons. The molecule has 0 aliphatic carbocycles. The molecule has 3 aromatic carbocycles. The number of phenols is 1. The zero-order valence-corrected chi connectivity index (χ0v) is 19.2. The lowest BCUT2D eigenvalue weighted by Gasteiger charge is -2.26. The molecular weight excluding hydrogens is 432 g/mol. The lowest BCUT2D eigenvalue weighted by molar-refractivity contribution is -0.132. The highest BCUT2D eigenvalue weighted by molar-refractivity contribution is 6.51. The van der Waals surface area contributed by atoms with E-state index in [2.05, 4.69) is 0 Å². The summed E-state index contributed by atoms with van der Waals surface area (Å²) in [4.78, 5) is 29.8. The van der Waals surface area contributed by atoms with Crippen molar-refractivity contribution < 1.29 is 24.5 Å². The number of Topliss-reactive ketones (excluding diaryl/α,β-unsaturated/α-hetero) is 1. The van der Waals surface area contributed by atoms with Gasteiger partial charge in [-0.3, -0.25) is 14.5 Å². The number of hydrogen-bond acceptors (Lipinski definition) is 6. The molecular formula is C27H26N2O5. The van der Waals surface area contributed by atoms with Crippen molar-refractivity contribution >= 4 is 28.8 Å². The van der Waals surface area contributed by atoms with Gasteiger partial charge >= 0.3 is 0 Å². The van der Waals surface area contributed by atoms with Gasteiger partial charge in [0.25, 0.3) is 11.7 Å². The van der Waals surface area contributed by atoms with E-state index in [0.717, 1.165) is 5.69 Å². The number of carbonyl (C=O) groups excluding carboxylic acids is 2. The maximum Gasteiger partial charge on any atom is 0.300 e. The Morgan fingerprint density at radius 1 is 1.00 bits per heavy atom. The minimum Gasteiger partial charge on any atom is -0.507 e. The van der Waals surface area contributed by atoms with E-state index in [0.29, 0.717) is 23.4 Å². The highest BCUT2D eigenvalue weighted by Gasteiger charge is 2.47. The molecule has 1 amide bonds. The van der Waals surface area contributed by atoms with Gasteiger partial charge in [-0.05, 0) is 48.9 Å². The molecule has 2 N–H and O–H groups in total. The molecule has 1 aliphatic heterocycles. The van der Waals surface area contributed by atoms with Crippen LogP contribution in [-0.2, 0) is 9.59 Å². The van der Waals surface area contributed by atoms with Crippen LogP contribution in [0.2, 0.25) is 0 Å². The van der Waals surface area contributed by atoms with Crippen molar-refractivity contribution in [3.05, 3.63) is 89.5 Å². The maximum absolute atomic E-state index is 13.3. The highest BCUT2D eigenvalue weighted by atomic mass is 16.5. The van der Waals surface area contributed by atoms with E-state index in [4.69, 9.17) is 4.74 Å². The standard InChI is InChI=1S/C27H26N2O5/c1-4-34-22-16-18(10-15-21(22)30)24-23(25(31)17-8-6-5-7-9-17)26(32)27(33)29(24)20-13-11-19(12-14-20)28(2)3/h5-16,24,30-31H,4H2,1-3H3/b25-23-. The molecule has 0 spiro atoms. The van der Waals surface area contributed by atoms with Crippen LogP contribution in [0.5, 0.6) is 11.5 Å². The normalized spacial score (nSPS) is 17.1. The van der Waals surface area contributed by atoms with E-state index < -0.39 is 17.7 Å². The van der Waals surface area contributed by atoms with Crippen LogP contribution in [0, 0.1) is 0 Å². The molecule has 1 atom stereocenters. The number of anilines is 2. The Hall–Kier alpha value is -4.26. The fourth-order valence-electron chi connectivity index (χ4n) is 4.05. The van der Waals surface area contributed by atoms with Gasteiger partial charge in [0.1, 0.15) is 5.76 Å².